The van der Waals surface area contributed by atoms with Crippen LogP contribution in [-0.4, -0.2) is 23.3 Å². The molecule has 5 nitrogen and oxygen atoms in total. The van der Waals surface area contributed by atoms with Crippen LogP contribution in [0.5, 0.6) is 5.75 Å². The van der Waals surface area contributed by atoms with Gasteiger partial charge in [0.05, 0.1) is 7.11 Å². The number of methoxy groups -OCH3 is 1. The highest BCUT2D eigenvalue weighted by Gasteiger charge is 2.21. The Morgan fingerprint density at radius 3 is 2.94 bits per heavy atom. The van der Waals surface area contributed by atoms with E-state index in [1.165, 1.54) is 0 Å². The molecule has 0 bridgehead atoms. The van der Waals surface area contributed by atoms with Crippen molar-refractivity contribution in [3.63, 3.8) is 0 Å². The Kier molecular flexibility index (Phi) is 2.52. The van der Waals surface area contributed by atoms with E-state index in [-0.39, 0.29) is 0 Å². The third-order valence-electron chi connectivity index (χ3n) is 2.49. The number of ether oxygens (including phenoxy) is 1. The van der Waals surface area contributed by atoms with Crippen LogP contribution in [0.15, 0.2) is 22.7 Å². The molecule has 1 aromatic carbocycles. The molecule has 0 aliphatic rings. The molecule has 84 valence electrons. The molecular weight excluding hydrogens is 210 g/mol. The van der Waals surface area contributed by atoms with E-state index in [0.717, 1.165) is 0 Å². The van der Waals surface area contributed by atoms with Crippen molar-refractivity contribution in [1.29, 1.82) is 0 Å². The Hall–Kier alpha value is -2.04. The number of carboxylic acids is 1. The van der Waals surface area contributed by atoms with Gasteiger partial charge in [-0.1, -0.05) is 5.16 Å². The highest BCUT2D eigenvalue weighted by Crippen LogP contribution is 2.27. The number of fused-ring (bicyclic) bond motifs is 1. The zero-order valence-electron chi connectivity index (χ0n) is 8.93. The van der Waals surface area contributed by atoms with Crippen molar-refractivity contribution in [3.05, 3.63) is 23.9 Å². The Morgan fingerprint density at radius 2 is 2.31 bits per heavy atom. The molecule has 0 saturated heterocycles. The van der Waals surface area contributed by atoms with E-state index >= 15 is 0 Å². The van der Waals surface area contributed by atoms with Crippen LogP contribution in [0.4, 0.5) is 0 Å². The third kappa shape index (κ3) is 1.60. The van der Waals surface area contributed by atoms with Gasteiger partial charge in [-0.05, 0) is 19.1 Å². The largest absolute Gasteiger partial charge is 0.497 e. The zero-order chi connectivity index (χ0) is 11.7. The SMILES string of the molecule is COc1ccc2c(C(C)C(=O)O)noc2c1. The first kappa shape index (κ1) is 10.5. The van der Waals surface area contributed by atoms with Crippen LogP contribution in [0.2, 0.25) is 0 Å². The maximum Gasteiger partial charge on any atom is 0.312 e. The van der Waals surface area contributed by atoms with Crippen LogP contribution in [0.25, 0.3) is 11.0 Å². The number of aliphatic carboxylic acids is 1. The average Bonchev–Trinajstić information content (AvgIpc) is 2.70. The lowest BCUT2D eigenvalue weighted by Crippen LogP contribution is -2.07. The Labute approximate surface area is 91.6 Å². The smallest absolute Gasteiger partial charge is 0.312 e. The van der Waals surface area contributed by atoms with Gasteiger partial charge >= 0.3 is 5.97 Å². The predicted molar refractivity (Wildman–Crippen MR) is 56.6 cm³/mol. The molecule has 16 heavy (non-hydrogen) atoms. The van der Waals surface area contributed by atoms with Gasteiger partial charge in [-0.3, -0.25) is 4.79 Å². The van der Waals surface area contributed by atoms with Gasteiger partial charge in [0, 0.05) is 11.5 Å². The first-order valence-electron chi connectivity index (χ1n) is 4.79. The van der Waals surface area contributed by atoms with Gasteiger partial charge in [0.1, 0.15) is 17.4 Å². The molecule has 1 aromatic heterocycles. The van der Waals surface area contributed by atoms with Crippen LogP contribution in [0.1, 0.15) is 18.5 Å². The van der Waals surface area contributed by atoms with Crippen LogP contribution >= 0.6 is 0 Å². The summed E-state index contributed by atoms with van der Waals surface area (Å²) in [6.45, 7) is 1.57. The number of aromatic nitrogens is 1. The summed E-state index contributed by atoms with van der Waals surface area (Å²) in [5, 5.41) is 13.4. The van der Waals surface area contributed by atoms with Gasteiger partial charge in [-0.15, -0.1) is 0 Å². The van der Waals surface area contributed by atoms with Crippen LogP contribution in [0, 0.1) is 0 Å². The van der Waals surface area contributed by atoms with Gasteiger partial charge in [-0.2, -0.15) is 0 Å². The second-order valence-corrected chi connectivity index (χ2v) is 3.49. The molecular formula is C11H11NO4. The van der Waals surface area contributed by atoms with E-state index in [4.69, 9.17) is 14.4 Å². The number of benzene rings is 1. The predicted octanol–water partition coefficient (Wildman–Crippen LogP) is 2.02. The minimum Gasteiger partial charge on any atom is -0.497 e. The fourth-order valence-electron chi connectivity index (χ4n) is 1.49. The van der Waals surface area contributed by atoms with Gasteiger partial charge in [-0.25, -0.2) is 0 Å². The Balaban J connectivity index is 2.53. The Bertz CT molecular complexity index is 532. The lowest BCUT2D eigenvalue weighted by Gasteiger charge is -2.01. The van der Waals surface area contributed by atoms with Crippen molar-refractivity contribution in [3.8, 4) is 5.75 Å². The monoisotopic (exact) mass is 221 g/mol. The van der Waals surface area contributed by atoms with Crippen LogP contribution < -0.4 is 4.74 Å². The molecule has 1 heterocycles. The molecule has 0 fully saturated rings. The third-order valence-corrected chi connectivity index (χ3v) is 2.49. The van der Waals surface area contributed by atoms with E-state index < -0.39 is 11.9 Å². The number of hydrogen-bond acceptors (Lipinski definition) is 4. The molecule has 0 aliphatic heterocycles. The van der Waals surface area contributed by atoms with E-state index in [1.807, 2.05) is 0 Å². The molecule has 1 unspecified atom stereocenters. The van der Waals surface area contributed by atoms with Crippen molar-refractivity contribution in [2.45, 2.75) is 12.8 Å². The van der Waals surface area contributed by atoms with E-state index in [9.17, 15) is 4.79 Å². The van der Waals surface area contributed by atoms with E-state index in [2.05, 4.69) is 5.16 Å². The fraction of sp³-hybridized carbons (Fsp3) is 0.273. The van der Waals surface area contributed by atoms with Crippen molar-refractivity contribution in [2.75, 3.05) is 7.11 Å². The fourth-order valence-corrected chi connectivity index (χ4v) is 1.49. The second-order valence-electron chi connectivity index (χ2n) is 3.49. The highest BCUT2D eigenvalue weighted by atomic mass is 16.5. The molecule has 0 aliphatic carbocycles. The summed E-state index contributed by atoms with van der Waals surface area (Å²) in [7, 11) is 1.55. The zero-order valence-corrected chi connectivity index (χ0v) is 8.93. The number of rotatable bonds is 3. The number of carboxylic acid groups (broad SMARTS) is 1. The van der Waals surface area contributed by atoms with Gasteiger partial charge < -0.3 is 14.4 Å². The van der Waals surface area contributed by atoms with Gasteiger partial charge in [0.2, 0.25) is 0 Å². The molecule has 2 rings (SSSR count). The summed E-state index contributed by atoms with van der Waals surface area (Å²) in [6.07, 6.45) is 0. The van der Waals surface area contributed by atoms with Crippen molar-refractivity contribution in [2.24, 2.45) is 0 Å². The topological polar surface area (TPSA) is 72.6 Å². The molecule has 0 radical (unpaired) electrons. The molecule has 0 saturated carbocycles. The van der Waals surface area contributed by atoms with E-state index in [1.54, 1.807) is 32.2 Å². The minimum atomic E-state index is -0.925. The average molecular weight is 221 g/mol. The number of nitrogens with zero attached hydrogens (tertiary/aromatic N) is 1. The first-order chi connectivity index (χ1) is 7.63. The van der Waals surface area contributed by atoms with Gasteiger partial charge in [0.25, 0.3) is 0 Å². The summed E-state index contributed by atoms with van der Waals surface area (Å²) >= 11 is 0. The van der Waals surface area contributed by atoms with Crippen molar-refractivity contribution < 1.29 is 19.2 Å². The summed E-state index contributed by atoms with van der Waals surface area (Å²) in [6, 6.07) is 5.18. The van der Waals surface area contributed by atoms with Gasteiger partial charge in [0.15, 0.2) is 5.58 Å². The highest BCUT2D eigenvalue weighted by molar-refractivity contribution is 5.86. The summed E-state index contributed by atoms with van der Waals surface area (Å²) in [5.41, 5.74) is 0.965. The summed E-state index contributed by atoms with van der Waals surface area (Å²) in [5.74, 6) is -0.959. The maximum absolute atomic E-state index is 10.9. The van der Waals surface area contributed by atoms with Crippen molar-refractivity contribution in [1.82, 2.24) is 5.16 Å². The lowest BCUT2D eigenvalue weighted by molar-refractivity contribution is -0.138. The lowest BCUT2D eigenvalue weighted by atomic mass is 10.0. The molecule has 1 N–H and O–H groups in total. The second kappa shape index (κ2) is 3.84. The molecule has 5 heteroatoms. The molecule has 0 spiro atoms. The van der Waals surface area contributed by atoms with E-state index in [0.29, 0.717) is 22.4 Å². The summed E-state index contributed by atoms with van der Waals surface area (Å²) < 4.78 is 10.1. The number of carbonyl (C=O) groups is 1. The first-order valence-corrected chi connectivity index (χ1v) is 4.79. The van der Waals surface area contributed by atoms with Crippen LogP contribution in [0.3, 0.4) is 0 Å². The molecule has 1 atom stereocenters. The minimum absolute atomic E-state index is 0.435. The normalized spacial score (nSPS) is 12.6. The van der Waals surface area contributed by atoms with Crippen LogP contribution in [-0.2, 0) is 4.79 Å². The Morgan fingerprint density at radius 1 is 1.56 bits per heavy atom. The molecule has 0 amide bonds. The quantitative estimate of drug-likeness (QED) is 0.858. The summed E-state index contributed by atoms with van der Waals surface area (Å²) in [4.78, 5) is 10.9. The number of hydrogen-bond donors (Lipinski definition) is 1. The standard InChI is InChI=1S/C11H11NO4/c1-6(11(13)14)10-8-4-3-7(15-2)5-9(8)16-12-10/h3-6H,1-2H3,(H,13,14). The van der Waals surface area contributed by atoms with Crippen molar-refractivity contribution >= 4 is 16.9 Å². The molecule has 2 aromatic rings. The maximum atomic E-state index is 10.9.